The van der Waals surface area contributed by atoms with E-state index in [9.17, 15) is 9.59 Å². The Hall–Kier alpha value is -3.41. The van der Waals surface area contributed by atoms with Crippen LogP contribution in [0.25, 0.3) is 11.1 Å². The summed E-state index contributed by atoms with van der Waals surface area (Å²) in [7, 11) is 1.80. The van der Waals surface area contributed by atoms with E-state index in [0.29, 0.717) is 38.3 Å². The molecule has 32 heavy (non-hydrogen) atoms. The van der Waals surface area contributed by atoms with Crippen molar-refractivity contribution in [3.05, 3.63) is 78.1 Å². The van der Waals surface area contributed by atoms with E-state index >= 15 is 0 Å². The van der Waals surface area contributed by atoms with E-state index in [1.54, 1.807) is 28.9 Å². The third kappa shape index (κ3) is 4.74. The van der Waals surface area contributed by atoms with Crippen LogP contribution in [-0.2, 0) is 18.3 Å². The highest BCUT2D eigenvalue weighted by Crippen LogP contribution is 2.27. The minimum Gasteiger partial charge on any atom is -0.341 e. The number of carbonyl (C=O) groups excluding carboxylic acids is 2. The number of aryl methyl sites for hydroxylation is 1. The van der Waals surface area contributed by atoms with E-state index in [0.717, 1.165) is 23.1 Å². The van der Waals surface area contributed by atoms with E-state index in [1.807, 2.05) is 35.2 Å². The van der Waals surface area contributed by atoms with Gasteiger partial charge in [-0.1, -0.05) is 61.5 Å². The summed E-state index contributed by atoms with van der Waals surface area (Å²) in [6, 6.07) is 20.2. The molecule has 3 aromatic rings. The Morgan fingerprint density at radius 2 is 1.78 bits per heavy atom. The second kappa shape index (κ2) is 9.81. The van der Waals surface area contributed by atoms with Crippen LogP contribution < -0.4 is 0 Å². The van der Waals surface area contributed by atoms with Gasteiger partial charge >= 0.3 is 0 Å². The molecule has 0 aliphatic carbocycles. The summed E-state index contributed by atoms with van der Waals surface area (Å²) in [5.74, 6) is -0.272. The summed E-state index contributed by atoms with van der Waals surface area (Å²) >= 11 is 0. The molecular weight excluding hydrogens is 400 g/mol. The SMILES string of the molecule is CCCN1CCN(C(=O)c2ccn(C)n2)CC(Cc2ccccc2-c2ccccc2)C1=O. The third-order valence-corrected chi connectivity index (χ3v) is 6.02. The predicted molar refractivity (Wildman–Crippen MR) is 125 cm³/mol. The van der Waals surface area contributed by atoms with Gasteiger partial charge in [0.05, 0.1) is 5.92 Å². The largest absolute Gasteiger partial charge is 0.341 e. The first-order valence-electron chi connectivity index (χ1n) is 11.3. The number of aromatic nitrogens is 2. The zero-order chi connectivity index (χ0) is 22.5. The molecule has 0 saturated carbocycles. The Bertz CT molecular complexity index is 1080. The first kappa shape index (κ1) is 21.8. The molecule has 0 radical (unpaired) electrons. The maximum absolute atomic E-state index is 13.5. The molecule has 2 aromatic carbocycles. The number of nitrogens with zero attached hydrogens (tertiary/aromatic N) is 4. The van der Waals surface area contributed by atoms with Crippen molar-refractivity contribution in [1.82, 2.24) is 19.6 Å². The maximum atomic E-state index is 13.5. The van der Waals surface area contributed by atoms with Crippen LogP contribution in [0.4, 0.5) is 0 Å². The van der Waals surface area contributed by atoms with Gasteiger partial charge in [-0.15, -0.1) is 0 Å². The molecular formula is C26H30N4O2. The van der Waals surface area contributed by atoms with Crippen molar-refractivity contribution < 1.29 is 9.59 Å². The molecule has 1 saturated heterocycles. The van der Waals surface area contributed by atoms with Crippen LogP contribution in [-0.4, -0.2) is 57.6 Å². The highest BCUT2D eigenvalue weighted by Gasteiger charge is 2.33. The Morgan fingerprint density at radius 3 is 2.50 bits per heavy atom. The molecule has 6 heteroatoms. The highest BCUT2D eigenvalue weighted by molar-refractivity contribution is 5.93. The lowest BCUT2D eigenvalue weighted by atomic mass is 9.91. The standard InChI is InChI=1S/C26H30N4O2/c1-3-14-29-16-17-30(26(32)24-13-15-28(2)27-24)19-22(25(29)31)18-21-11-7-8-12-23(21)20-9-5-4-6-10-20/h4-13,15,22H,3,14,16-19H2,1-2H3. The monoisotopic (exact) mass is 430 g/mol. The van der Waals surface area contributed by atoms with E-state index in [-0.39, 0.29) is 17.7 Å². The van der Waals surface area contributed by atoms with Crippen molar-refractivity contribution >= 4 is 11.8 Å². The van der Waals surface area contributed by atoms with Crippen molar-refractivity contribution in [3.63, 3.8) is 0 Å². The molecule has 0 N–H and O–H groups in total. The quantitative estimate of drug-likeness (QED) is 0.600. The van der Waals surface area contributed by atoms with Crippen molar-refractivity contribution in [2.24, 2.45) is 13.0 Å². The summed E-state index contributed by atoms with van der Waals surface area (Å²) in [6.45, 7) is 4.27. The normalized spacial score (nSPS) is 16.8. The molecule has 4 rings (SSSR count). The third-order valence-electron chi connectivity index (χ3n) is 6.02. The fourth-order valence-electron chi connectivity index (χ4n) is 4.43. The molecule has 2 heterocycles. The average Bonchev–Trinajstić information content (AvgIpc) is 3.20. The molecule has 6 nitrogen and oxygen atoms in total. The van der Waals surface area contributed by atoms with Gasteiger partial charge in [0, 0.05) is 39.4 Å². The molecule has 2 amide bonds. The number of carbonyl (C=O) groups is 2. The van der Waals surface area contributed by atoms with Gasteiger partial charge in [0.1, 0.15) is 5.69 Å². The van der Waals surface area contributed by atoms with E-state index in [2.05, 4.69) is 36.3 Å². The first-order chi connectivity index (χ1) is 15.6. The van der Waals surface area contributed by atoms with Gasteiger partial charge in [-0.2, -0.15) is 5.10 Å². The Labute approximate surface area is 189 Å². The second-order valence-electron chi connectivity index (χ2n) is 8.38. The van der Waals surface area contributed by atoms with Crippen LogP contribution in [0.5, 0.6) is 0 Å². The smallest absolute Gasteiger partial charge is 0.274 e. The molecule has 1 aliphatic heterocycles. The lowest BCUT2D eigenvalue weighted by Gasteiger charge is -2.24. The lowest BCUT2D eigenvalue weighted by molar-refractivity contribution is -0.134. The number of hydrogen-bond acceptors (Lipinski definition) is 3. The van der Waals surface area contributed by atoms with Gasteiger partial charge in [-0.25, -0.2) is 0 Å². The fourth-order valence-corrected chi connectivity index (χ4v) is 4.43. The molecule has 1 fully saturated rings. The molecule has 1 unspecified atom stereocenters. The number of benzene rings is 2. The van der Waals surface area contributed by atoms with Crippen molar-refractivity contribution in [2.75, 3.05) is 26.2 Å². The van der Waals surface area contributed by atoms with Gasteiger partial charge in [-0.3, -0.25) is 14.3 Å². The Balaban J connectivity index is 1.63. The topological polar surface area (TPSA) is 58.4 Å². The minimum absolute atomic E-state index is 0.113. The summed E-state index contributed by atoms with van der Waals surface area (Å²) in [6.07, 6.45) is 3.26. The Kier molecular flexibility index (Phi) is 6.69. The lowest BCUT2D eigenvalue weighted by Crippen LogP contribution is -2.38. The maximum Gasteiger partial charge on any atom is 0.274 e. The van der Waals surface area contributed by atoms with E-state index < -0.39 is 0 Å². The van der Waals surface area contributed by atoms with E-state index in [4.69, 9.17) is 0 Å². The first-order valence-corrected chi connectivity index (χ1v) is 11.3. The number of hydrogen-bond donors (Lipinski definition) is 0. The zero-order valence-corrected chi connectivity index (χ0v) is 18.8. The second-order valence-corrected chi connectivity index (χ2v) is 8.38. The molecule has 1 aliphatic rings. The summed E-state index contributed by atoms with van der Waals surface area (Å²) < 4.78 is 1.63. The fraction of sp³-hybridized carbons (Fsp3) is 0.346. The average molecular weight is 431 g/mol. The van der Waals surface area contributed by atoms with Crippen LogP contribution in [0.1, 0.15) is 29.4 Å². The summed E-state index contributed by atoms with van der Waals surface area (Å²) in [5.41, 5.74) is 3.82. The van der Waals surface area contributed by atoms with Crippen molar-refractivity contribution in [3.8, 4) is 11.1 Å². The molecule has 1 atom stereocenters. The van der Waals surface area contributed by atoms with Crippen LogP contribution in [0.15, 0.2) is 66.9 Å². The van der Waals surface area contributed by atoms with Crippen molar-refractivity contribution in [1.29, 1.82) is 0 Å². The van der Waals surface area contributed by atoms with Gasteiger partial charge in [-0.05, 0) is 35.6 Å². The van der Waals surface area contributed by atoms with Crippen LogP contribution in [0.3, 0.4) is 0 Å². The zero-order valence-electron chi connectivity index (χ0n) is 18.8. The molecule has 1 aromatic heterocycles. The van der Waals surface area contributed by atoms with Crippen LogP contribution in [0, 0.1) is 5.92 Å². The minimum atomic E-state index is -0.290. The number of amides is 2. The van der Waals surface area contributed by atoms with Gasteiger partial charge in [0.2, 0.25) is 5.91 Å². The summed E-state index contributed by atoms with van der Waals surface area (Å²) in [4.78, 5) is 30.3. The van der Waals surface area contributed by atoms with Crippen LogP contribution >= 0.6 is 0 Å². The van der Waals surface area contributed by atoms with E-state index in [1.165, 1.54) is 0 Å². The van der Waals surface area contributed by atoms with Gasteiger partial charge in [0.15, 0.2) is 0 Å². The van der Waals surface area contributed by atoms with Gasteiger partial charge < -0.3 is 9.80 Å². The Morgan fingerprint density at radius 1 is 1.03 bits per heavy atom. The highest BCUT2D eigenvalue weighted by atomic mass is 16.2. The molecule has 0 bridgehead atoms. The predicted octanol–water partition coefficient (Wildman–Crippen LogP) is 3.64. The number of rotatable bonds is 6. The van der Waals surface area contributed by atoms with Crippen molar-refractivity contribution in [2.45, 2.75) is 19.8 Å². The molecule has 166 valence electrons. The molecule has 0 spiro atoms. The van der Waals surface area contributed by atoms with Gasteiger partial charge in [0.25, 0.3) is 5.91 Å². The van der Waals surface area contributed by atoms with Crippen LogP contribution in [0.2, 0.25) is 0 Å². The summed E-state index contributed by atoms with van der Waals surface area (Å²) in [5, 5.41) is 4.28.